The normalized spacial score (nSPS) is 15.2. The summed E-state index contributed by atoms with van der Waals surface area (Å²) in [5.74, 6) is 0. The molecule has 0 saturated carbocycles. The van der Waals surface area contributed by atoms with Crippen LogP contribution in [-0.4, -0.2) is 15.8 Å². The Balaban J connectivity index is 2.38. The lowest BCUT2D eigenvalue weighted by Crippen LogP contribution is -2.28. The van der Waals surface area contributed by atoms with Gasteiger partial charge in [-0.05, 0) is 20.3 Å². The van der Waals surface area contributed by atoms with Crippen molar-refractivity contribution in [2.24, 2.45) is 7.05 Å². The highest BCUT2D eigenvalue weighted by molar-refractivity contribution is 5.09. The topological polar surface area (TPSA) is 29.9 Å². The monoisotopic (exact) mass is 209 g/mol. The fourth-order valence-electron chi connectivity index (χ4n) is 1.78. The predicted octanol–water partition coefficient (Wildman–Crippen LogP) is 2.65. The van der Waals surface area contributed by atoms with Crippen molar-refractivity contribution in [3.63, 3.8) is 0 Å². The van der Waals surface area contributed by atoms with Crippen LogP contribution < -0.4 is 5.32 Å². The Morgan fingerprint density at radius 1 is 1.47 bits per heavy atom. The Hall–Kier alpha value is -0.830. The minimum absolute atomic E-state index is 0.394. The molecule has 1 rings (SSSR count). The lowest BCUT2D eigenvalue weighted by molar-refractivity contribution is 0.444. The number of rotatable bonds is 6. The third-order valence-corrected chi connectivity index (χ3v) is 2.75. The van der Waals surface area contributed by atoms with Gasteiger partial charge in [0.25, 0.3) is 0 Å². The van der Waals surface area contributed by atoms with Crippen LogP contribution in [-0.2, 0) is 7.05 Å². The largest absolute Gasteiger partial charge is 0.308 e. The Labute approximate surface area is 92.9 Å². The molecular formula is C12H23N3. The maximum Gasteiger partial charge on any atom is 0.0537 e. The van der Waals surface area contributed by atoms with E-state index in [0.29, 0.717) is 12.1 Å². The van der Waals surface area contributed by atoms with E-state index in [4.69, 9.17) is 0 Å². The van der Waals surface area contributed by atoms with E-state index in [1.54, 1.807) is 0 Å². The molecule has 2 atom stereocenters. The second-order valence-electron chi connectivity index (χ2n) is 4.38. The van der Waals surface area contributed by atoms with Crippen molar-refractivity contribution in [2.75, 3.05) is 0 Å². The van der Waals surface area contributed by atoms with Crippen molar-refractivity contribution < 1.29 is 0 Å². The molecule has 0 spiro atoms. The van der Waals surface area contributed by atoms with Crippen LogP contribution in [0.5, 0.6) is 0 Å². The molecule has 0 aromatic carbocycles. The molecule has 0 aliphatic carbocycles. The first-order chi connectivity index (χ1) is 7.13. The highest BCUT2D eigenvalue weighted by Gasteiger charge is 2.10. The first kappa shape index (κ1) is 12.2. The first-order valence-corrected chi connectivity index (χ1v) is 5.88. The van der Waals surface area contributed by atoms with Gasteiger partial charge in [0, 0.05) is 30.9 Å². The molecule has 0 fully saturated rings. The molecule has 1 N–H and O–H groups in total. The molecule has 1 aromatic heterocycles. The minimum atomic E-state index is 0.394. The van der Waals surface area contributed by atoms with E-state index >= 15 is 0 Å². The first-order valence-electron chi connectivity index (χ1n) is 5.88. The molecule has 0 saturated heterocycles. The molecule has 0 aliphatic heterocycles. The van der Waals surface area contributed by atoms with E-state index < -0.39 is 0 Å². The maximum atomic E-state index is 4.18. The summed E-state index contributed by atoms with van der Waals surface area (Å²) >= 11 is 0. The van der Waals surface area contributed by atoms with Gasteiger partial charge in [-0.25, -0.2) is 0 Å². The summed E-state index contributed by atoms with van der Waals surface area (Å²) in [4.78, 5) is 0. The highest BCUT2D eigenvalue weighted by atomic mass is 15.2. The third kappa shape index (κ3) is 4.04. The Bertz CT molecular complexity index is 280. The van der Waals surface area contributed by atoms with Gasteiger partial charge in [-0.3, -0.25) is 4.68 Å². The van der Waals surface area contributed by atoms with Crippen LogP contribution in [0, 0.1) is 0 Å². The van der Waals surface area contributed by atoms with Gasteiger partial charge in [0.2, 0.25) is 0 Å². The van der Waals surface area contributed by atoms with Gasteiger partial charge in [0.1, 0.15) is 0 Å². The summed E-state index contributed by atoms with van der Waals surface area (Å²) in [5.41, 5.74) is 1.26. The van der Waals surface area contributed by atoms with Crippen LogP contribution in [0.25, 0.3) is 0 Å². The van der Waals surface area contributed by atoms with Gasteiger partial charge in [-0.15, -0.1) is 0 Å². The fourth-order valence-corrected chi connectivity index (χ4v) is 1.78. The van der Waals surface area contributed by atoms with Crippen molar-refractivity contribution in [1.82, 2.24) is 15.1 Å². The minimum Gasteiger partial charge on any atom is -0.308 e. The van der Waals surface area contributed by atoms with Gasteiger partial charge in [0.05, 0.1) is 6.20 Å². The SMILES string of the molecule is CCCCC(C)NC(C)c1cnn(C)c1. The molecule has 1 heterocycles. The molecule has 0 aliphatic rings. The predicted molar refractivity (Wildman–Crippen MR) is 63.7 cm³/mol. The van der Waals surface area contributed by atoms with Crippen molar-refractivity contribution in [2.45, 2.75) is 52.1 Å². The summed E-state index contributed by atoms with van der Waals surface area (Å²) in [5, 5.41) is 7.77. The molecule has 15 heavy (non-hydrogen) atoms. The van der Waals surface area contributed by atoms with Crippen LogP contribution in [0.4, 0.5) is 0 Å². The number of nitrogens with one attached hydrogen (secondary N) is 1. The number of aryl methyl sites for hydroxylation is 1. The summed E-state index contributed by atoms with van der Waals surface area (Å²) in [6, 6.07) is 0.978. The second kappa shape index (κ2) is 5.91. The number of aromatic nitrogens is 2. The standard InChI is InChI=1S/C12H23N3/c1-5-6-7-10(2)14-11(3)12-8-13-15(4)9-12/h8-11,14H,5-7H2,1-4H3. The van der Waals surface area contributed by atoms with E-state index in [1.807, 2.05) is 17.9 Å². The van der Waals surface area contributed by atoms with E-state index in [2.05, 4.69) is 37.4 Å². The summed E-state index contributed by atoms with van der Waals surface area (Å²) < 4.78 is 1.85. The van der Waals surface area contributed by atoms with E-state index in [9.17, 15) is 0 Å². The van der Waals surface area contributed by atoms with Gasteiger partial charge in [-0.2, -0.15) is 5.10 Å². The van der Waals surface area contributed by atoms with Crippen molar-refractivity contribution in [3.8, 4) is 0 Å². The molecule has 1 aromatic rings. The zero-order chi connectivity index (χ0) is 11.3. The number of hydrogen-bond acceptors (Lipinski definition) is 2. The van der Waals surface area contributed by atoms with Gasteiger partial charge in [-0.1, -0.05) is 19.8 Å². The lowest BCUT2D eigenvalue weighted by Gasteiger charge is -2.18. The van der Waals surface area contributed by atoms with Crippen LogP contribution in [0.15, 0.2) is 12.4 Å². The van der Waals surface area contributed by atoms with Crippen LogP contribution in [0.3, 0.4) is 0 Å². The molecule has 0 radical (unpaired) electrons. The van der Waals surface area contributed by atoms with Gasteiger partial charge >= 0.3 is 0 Å². The zero-order valence-electron chi connectivity index (χ0n) is 10.3. The Morgan fingerprint density at radius 3 is 2.73 bits per heavy atom. The fraction of sp³-hybridized carbons (Fsp3) is 0.750. The van der Waals surface area contributed by atoms with Crippen molar-refractivity contribution in [1.29, 1.82) is 0 Å². The summed E-state index contributed by atoms with van der Waals surface area (Å²) in [6.45, 7) is 6.68. The third-order valence-electron chi connectivity index (χ3n) is 2.75. The Kier molecular flexibility index (Phi) is 4.82. The highest BCUT2D eigenvalue weighted by Crippen LogP contribution is 2.12. The van der Waals surface area contributed by atoms with Crippen molar-refractivity contribution >= 4 is 0 Å². The molecule has 0 amide bonds. The summed E-state index contributed by atoms with van der Waals surface area (Å²) in [7, 11) is 1.96. The lowest BCUT2D eigenvalue weighted by atomic mass is 10.1. The molecular weight excluding hydrogens is 186 g/mol. The molecule has 3 nitrogen and oxygen atoms in total. The second-order valence-corrected chi connectivity index (χ2v) is 4.38. The van der Waals surface area contributed by atoms with Crippen LogP contribution in [0.2, 0.25) is 0 Å². The zero-order valence-corrected chi connectivity index (χ0v) is 10.3. The average molecular weight is 209 g/mol. The van der Waals surface area contributed by atoms with E-state index in [0.717, 1.165) is 0 Å². The maximum absolute atomic E-state index is 4.18. The number of nitrogens with zero attached hydrogens (tertiary/aromatic N) is 2. The van der Waals surface area contributed by atoms with Crippen LogP contribution in [0.1, 0.15) is 51.6 Å². The van der Waals surface area contributed by atoms with Gasteiger partial charge in [0.15, 0.2) is 0 Å². The molecule has 86 valence electrons. The smallest absolute Gasteiger partial charge is 0.0537 e. The number of hydrogen-bond donors (Lipinski definition) is 1. The van der Waals surface area contributed by atoms with E-state index in [-0.39, 0.29) is 0 Å². The van der Waals surface area contributed by atoms with Gasteiger partial charge < -0.3 is 5.32 Å². The molecule has 0 bridgehead atoms. The van der Waals surface area contributed by atoms with Crippen molar-refractivity contribution in [3.05, 3.63) is 18.0 Å². The quantitative estimate of drug-likeness (QED) is 0.780. The van der Waals surface area contributed by atoms with E-state index in [1.165, 1.54) is 24.8 Å². The number of unbranched alkanes of at least 4 members (excludes halogenated alkanes) is 1. The molecule has 3 heteroatoms. The summed E-state index contributed by atoms with van der Waals surface area (Å²) in [6.07, 6.45) is 7.83. The average Bonchev–Trinajstić information content (AvgIpc) is 2.61. The Morgan fingerprint density at radius 2 is 2.20 bits per heavy atom. The molecule has 2 unspecified atom stereocenters. The van der Waals surface area contributed by atoms with Crippen LogP contribution >= 0.6 is 0 Å².